The van der Waals surface area contributed by atoms with Crippen LogP contribution < -0.4 is 0 Å². The van der Waals surface area contributed by atoms with E-state index >= 15 is 0 Å². The molecule has 1 fully saturated rings. The standard InChI is InChI=1S/C33H40F2N4O2/c1-22-17-23(2)31-28(12-16-38(31)32(40)41-33(3,4)5)29(22)18-25-11-15-37(27(19-34)20-35)21-30(25)24-7-9-26(10-8-24)39-14-6-13-36-39/h6-10,12-14,16-17,25,27,30H,11,15,18-21H2,1-5H3/t25-,30-/m0/s1. The van der Waals surface area contributed by atoms with Crippen LogP contribution in [0.5, 0.6) is 0 Å². The number of rotatable bonds is 7. The van der Waals surface area contributed by atoms with E-state index in [1.165, 1.54) is 11.1 Å². The topological polar surface area (TPSA) is 52.3 Å². The second-order valence-electron chi connectivity index (χ2n) is 12.3. The van der Waals surface area contributed by atoms with E-state index in [-0.39, 0.29) is 11.8 Å². The van der Waals surface area contributed by atoms with Crippen LogP contribution in [0.1, 0.15) is 55.4 Å². The number of aromatic nitrogens is 3. The fraction of sp³-hybridized carbons (Fsp3) is 0.455. The van der Waals surface area contributed by atoms with Crippen molar-refractivity contribution in [2.75, 3.05) is 26.4 Å². The van der Waals surface area contributed by atoms with Gasteiger partial charge in [0.25, 0.3) is 0 Å². The Morgan fingerprint density at radius 2 is 1.80 bits per heavy atom. The molecule has 0 amide bonds. The van der Waals surface area contributed by atoms with Crippen LogP contribution in [0.4, 0.5) is 13.6 Å². The summed E-state index contributed by atoms with van der Waals surface area (Å²) in [6, 6.07) is 13.7. The van der Waals surface area contributed by atoms with Gasteiger partial charge in [0.05, 0.1) is 17.2 Å². The molecule has 0 aliphatic carbocycles. The molecule has 2 aromatic heterocycles. The van der Waals surface area contributed by atoms with Crippen LogP contribution in [-0.4, -0.2) is 63.4 Å². The molecule has 6 nitrogen and oxygen atoms in total. The molecule has 2 aromatic carbocycles. The molecule has 5 rings (SSSR count). The van der Waals surface area contributed by atoms with Crippen LogP contribution in [0, 0.1) is 19.8 Å². The molecule has 2 atom stereocenters. The zero-order valence-corrected chi connectivity index (χ0v) is 24.6. The summed E-state index contributed by atoms with van der Waals surface area (Å²) in [6.45, 7) is 9.60. The average Bonchev–Trinajstić information content (AvgIpc) is 3.63. The molecule has 1 aliphatic heterocycles. The number of carbonyl (C=O) groups excluding carboxylic acids is 1. The zero-order chi connectivity index (χ0) is 29.3. The molecule has 41 heavy (non-hydrogen) atoms. The Kier molecular flexibility index (Phi) is 8.32. The first-order valence-electron chi connectivity index (χ1n) is 14.4. The molecule has 0 N–H and O–H groups in total. The molecule has 1 saturated heterocycles. The highest BCUT2D eigenvalue weighted by Gasteiger charge is 2.34. The maximum absolute atomic E-state index is 13.7. The van der Waals surface area contributed by atoms with E-state index in [2.05, 4.69) is 42.4 Å². The van der Waals surface area contributed by atoms with Crippen molar-refractivity contribution >= 4 is 17.0 Å². The summed E-state index contributed by atoms with van der Waals surface area (Å²) in [5, 5.41) is 5.38. The Morgan fingerprint density at radius 3 is 2.44 bits per heavy atom. The van der Waals surface area contributed by atoms with Crippen molar-refractivity contribution in [3.8, 4) is 5.69 Å². The van der Waals surface area contributed by atoms with Gasteiger partial charge in [-0.15, -0.1) is 0 Å². The van der Waals surface area contributed by atoms with Gasteiger partial charge < -0.3 is 4.74 Å². The van der Waals surface area contributed by atoms with Crippen LogP contribution in [-0.2, 0) is 11.2 Å². The van der Waals surface area contributed by atoms with Gasteiger partial charge in [-0.2, -0.15) is 5.10 Å². The Morgan fingerprint density at radius 1 is 1.07 bits per heavy atom. The van der Waals surface area contributed by atoms with Crippen LogP contribution in [0.25, 0.3) is 16.6 Å². The second kappa shape index (κ2) is 11.8. The first-order valence-corrected chi connectivity index (χ1v) is 14.4. The van der Waals surface area contributed by atoms with E-state index in [0.717, 1.165) is 40.6 Å². The fourth-order valence-corrected chi connectivity index (χ4v) is 6.28. The number of likely N-dealkylation sites (tertiary alicyclic amines) is 1. The molecule has 0 unspecified atom stereocenters. The lowest BCUT2D eigenvalue weighted by Crippen LogP contribution is -2.47. The lowest BCUT2D eigenvalue weighted by atomic mass is 9.76. The molecular weight excluding hydrogens is 522 g/mol. The number of hydrogen-bond donors (Lipinski definition) is 0. The van der Waals surface area contributed by atoms with Gasteiger partial charge in [-0.1, -0.05) is 18.2 Å². The van der Waals surface area contributed by atoms with E-state index in [1.54, 1.807) is 17.0 Å². The van der Waals surface area contributed by atoms with E-state index in [0.29, 0.717) is 13.1 Å². The minimum absolute atomic E-state index is 0.0970. The maximum atomic E-state index is 13.7. The van der Waals surface area contributed by atoms with Gasteiger partial charge in [-0.25, -0.2) is 18.3 Å². The van der Waals surface area contributed by atoms with Crippen molar-refractivity contribution in [3.63, 3.8) is 0 Å². The maximum Gasteiger partial charge on any atom is 0.418 e. The molecule has 8 heteroatoms. The number of piperidine rings is 1. The largest absolute Gasteiger partial charge is 0.443 e. The van der Waals surface area contributed by atoms with Gasteiger partial charge in [0, 0.05) is 30.5 Å². The summed E-state index contributed by atoms with van der Waals surface area (Å²) < 4.78 is 36.6. The number of ether oxygens (including phenoxy) is 1. The van der Waals surface area contributed by atoms with Crippen LogP contribution >= 0.6 is 0 Å². The SMILES string of the molecule is Cc1cc(C)c2c(ccn2C(=O)OC(C)(C)C)c1C[C@@H]1CCN(C(CF)CF)C[C@H]1c1ccc(-n2cccn2)cc1. The van der Waals surface area contributed by atoms with Crippen molar-refractivity contribution in [3.05, 3.63) is 83.3 Å². The van der Waals surface area contributed by atoms with Gasteiger partial charge >= 0.3 is 6.09 Å². The first-order chi connectivity index (χ1) is 19.6. The van der Waals surface area contributed by atoms with E-state index in [1.807, 2.05) is 55.6 Å². The van der Waals surface area contributed by atoms with E-state index < -0.39 is 31.1 Å². The summed E-state index contributed by atoms with van der Waals surface area (Å²) in [5.74, 6) is 0.357. The third-order valence-electron chi connectivity index (χ3n) is 8.30. The van der Waals surface area contributed by atoms with Crippen LogP contribution in [0.15, 0.2) is 61.1 Å². The van der Waals surface area contributed by atoms with E-state index in [9.17, 15) is 13.6 Å². The molecule has 3 heterocycles. The van der Waals surface area contributed by atoms with Crippen molar-refractivity contribution in [1.29, 1.82) is 0 Å². The second-order valence-corrected chi connectivity index (χ2v) is 12.3. The summed E-state index contributed by atoms with van der Waals surface area (Å²) in [6.07, 6.45) is 6.69. The lowest BCUT2D eigenvalue weighted by molar-refractivity contribution is 0.0544. The number of aryl methyl sites for hydroxylation is 2. The van der Waals surface area contributed by atoms with Gasteiger partial charge in [-0.05, 0) is 112 Å². The number of fused-ring (bicyclic) bond motifs is 1. The van der Waals surface area contributed by atoms with Crippen LogP contribution in [0.3, 0.4) is 0 Å². The van der Waals surface area contributed by atoms with Crippen LogP contribution in [0.2, 0.25) is 0 Å². The molecule has 0 spiro atoms. The highest BCUT2D eigenvalue weighted by Crippen LogP contribution is 2.39. The lowest BCUT2D eigenvalue weighted by Gasteiger charge is -2.41. The molecule has 4 aromatic rings. The minimum atomic E-state index is -0.711. The van der Waals surface area contributed by atoms with Gasteiger partial charge in [0.15, 0.2) is 0 Å². The minimum Gasteiger partial charge on any atom is -0.443 e. The number of alkyl halides is 2. The Hall–Kier alpha value is -3.52. The highest BCUT2D eigenvalue weighted by molar-refractivity contribution is 5.94. The predicted molar refractivity (Wildman–Crippen MR) is 158 cm³/mol. The Bertz CT molecular complexity index is 1480. The third-order valence-corrected chi connectivity index (χ3v) is 8.30. The summed E-state index contributed by atoms with van der Waals surface area (Å²) in [4.78, 5) is 15.0. The molecule has 218 valence electrons. The van der Waals surface area contributed by atoms with Crippen molar-refractivity contribution < 1.29 is 18.3 Å². The molecule has 0 bridgehead atoms. The van der Waals surface area contributed by atoms with Crippen molar-refractivity contribution in [1.82, 2.24) is 19.2 Å². The monoisotopic (exact) mass is 562 g/mol. The summed E-state index contributed by atoms with van der Waals surface area (Å²) in [5.41, 5.74) is 5.79. The van der Waals surface area contributed by atoms with Gasteiger partial charge in [-0.3, -0.25) is 9.47 Å². The summed E-state index contributed by atoms with van der Waals surface area (Å²) in [7, 11) is 0. The number of benzene rings is 2. The van der Waals surface area contributed by atoms with Gasteiger partial charge in [0.2, 0.25) is 0 Å². The predicted octanol–water partition coefficient (Wildman–Crippen LogP) is 7.18. The first kappa shape index (κ1) is 29.0. The number of hydrogen-bond acceptors (Lipinski definition) is 4. The van der Waals surface area contributed by atoms with Crippen molar-refractivity contribution in [2.24, 2.45) is 5.92 Å². The third kappa shape index (κ3) is 6.08. The number of nitrogens with zero attached hydrogens (tertiary/aromatic N) is 4. The number of halogens is 2. The molecule has 1 aliphatic rings. The smallest absolute Gasteiger partial charge is 0.418 e. The van der Waals surface area contributed by atoms with Gasteiger partial charge in [0.1, 0.15) is 19.0 Å². The normalized spacial score (nSPS) is 18.3. The quantitative estimate of drug-likeness (QED) is 0.239. The summed E-state index contributed by atoms with van der Waals surface area (Å²) >= 11 is 0. The Labute approximate surface area is 240 Å². The average molecular weight is 563 g/mol. The zero-order valence-electron chi connectivity index (χ0n) is 24.6. The molecule has 0 saturated carbocycles. The van der Waals surface area contributed by atoms with E-state index in [4.69, 9.17) is 4.74 Å². The fourth-order valence-electron chi connectivity index (χ4n) is 6.28. The molecule has 0 radical (unpaired) electrons. The highest BCUT2D eigenvalue weighted by atomic mass is 19.1. The molecular formula is C33H40F2N4O2. The number of carbonyl (C=O) groups is 1. The van der Waals surface area contributed by atoms with Crippen molar-refractivity contribution in [2.45, 2.75) is 65.0 Å². The Balaban J connectivity index is 1.49.